The molecule has 0 rings (SSSR count). The Balaban J connectivity index is 3.03. The van der Waals surface area contributed by atoms with E-state index in [1.54, 1.807) is 0 Å². The molecule has 0 heterocycles. The molecule has 0 N–H and O–H groups in total. The molecule has 0 fully saturated rings. The van der Waals surface area contributed by atoms with Gasteiger partial charge in [-0.1, -0.05) is 5.16 Å². The van der Waals surface area contributed by atoms with Gasteiger partial charge < -0.3 is 4.84 Å². The van der Waals surface area contributed by atoms with E-state index in [0.29, 0.717) is 12.5 Å². The van der Waals surface area contributed by atoms with Gasteiger partial charge >= 0.3 is 0 Å². The summed E-state index contributed by atoms with van der Waals surface area (Å²) in [6, 6.07) is 0. The normalized spacial score (nSPS) is 8.38. The van der Waals surface area contributed by atoms with Crippen LogP contribution in [0, 0.1) is 0 Å². The third-order valence-corrected chi connectivity index (χ3v) is 0.570. The molecule has 0 aromatic heterocycles. The van der Waals surface area contributed by atoms with Gasteiger partial charge in [0.1, 0.15) is 6.61 Å². The molecule has 0 bridgehead atoms. The summed E-state index contributed by atoms with van der Waals surface area (Å²) in [6.45, 7) is 4.23. The first-order chi connectivity index (χ1) is 3.77. The van der Waals surface area contributed by atoms with E-state index in [-0.39, 0.29) is 0 Å². The Morgan fingerprint density at radius 3 is 2.62 bits per heavy atom. The van der Waals surface area contributed by atoms with Gasteiger partial charge in [-0.15, -0.1) is 11.6 Å². The molecule has 0 radical (unpaired) electrons. The smallest absolute Gasteiger partial charge is 0.130 e. The Morgan fingerprint density at radius 2 is 2.25 bits per heavy atom. The molecule has 3 heteroatoms. The van der Waals surface area contributed by atoms with Crippen LogP contribution in [0.3, 0.4) is 0 Å². The zero-order chi connectivity index (χ0) is 6.41. The average Bonchev–Trinajstić information content (AvgIpc) is 1.66. The SMILES string of the molecule is CC(C)=NOCCCl. The van der Waals surface area contributed by atoms with E-state index in [1.165, 1.54) is 0 Å². The maximum atomic E-state index is 5.29. The first-order valence-corrected chi connectivity index (χ1v) is 3.00. The zero-order valence-corrected chi connectivity index (χ0v) is 5.90. The van der Waals surface area contributed by atoms with Crippen molar-refractivity contribution in [2.24, 2.45) is 5.16 Å². The molecule has 0 spiro atoms. The lowest BCUT2D eigenvalue weighted by Crippen LogP contribution is -1.90. The van der Waals surface area contributed by atoms with Gasteiger partial charge in [-0.05, 0) is 13.8 Å². The molecule has 0 aromatic carbocycles. The van der Waals surface area contributed by atoms with Gasteiger partial charge in [-0.3, -0.25) is 0 Å². The first-order valence-electron chi connectivity index (χ1n) is 2.46. The summed E-state index contributed by atoms with van der Waals surface area (Å²) in [4.78, 5) is 4.70. The lowest BCUT2D eigenvalue weighted by Gasteiger charge is -1.92. The molecular formula is C5H10ClNO. The first kappa shape index (κ1) is 7.76. The maximum Gasteiger partial charge on any atom is 0.130 e. The second-order valence-corrected chi connectivity index (χ2v) is 1.94. The number of hydrogen-bond donors (Lipinski definition) is 0. The van der Waals surface area contributed by atoms with Crippen LogP contribution >= 0.6 is 11.6 Å². The minimum absolute atomic E-state index is 0.493. The van der Waals surface area contributed by atoms with Crippen LogP contribution in [0.5, 0.6) is 0 Å². The van der Waals surface area contributed by atoms with Crippen LogP contribution < -0.4 is 0 Å². The molecule has 48 valence electrons. The molecule has 8 heavy (non-hydrogen) atoms. The van der Waals surface area contributed by atoms with Crippen molar-refractivity contribution >= 4 is 17.3 Å². The van der Waals surface area contributed by atoms with Crippen molar-refractivity contribution in [3.63, 3.8) is 0 Å². The van der Waals surface area contributed by atoms with Crippen molar-refractivity contribution in [1.29, 1.82) is 0 Å². The van der Waals surface area contributed by atoms with Crippen LogP contribution in [-0.4, -0.2) is 18.2 Å². The average molecular weight is 136 g/mol. The number of hydrogen-bond acceptors (Lipinski definition) is 2. The molecule has 0 aliphatic carbocycles. The van der Waals surface area contributed by atoms with Gasteiger partial charge in [0, 0.05) is 0 Å². The van der Waals surface area contributed by atoms with Crippen molar-refractivity contribution in [3.05, 3.63) is 0 Å². The summed E-state index contributed by atoms with van der Waals surface area (Å²) in [5.41, 5.74) is 0.912. The van der Waals surface area contributed by atoms with Gasteiger partial charge in [0.25, 0.3) is 0 Å². The number of halogens is 1. The summed E-state index contributed by atoms with van der Waals surface area (Å²) in [7, 11) is 0. The molecule has 0 aromatic rings. The highest BCUT2D eigenvalue weighted by atomic mass is 35.5. The van der Waals surface area contributed by atoms with Gasteiger partial charge in [0.05, 0.1) is 11.6 Å². The van der Waals surface area contributed by atoms with Gasteiger partial charge in [-0.2, -0.15) is 0 Å². The Hall–Kier alpha value is -0.240. The lowest BCUT2D eigenvalue weighted by atomic mass is 10.5. The predicted molar refractivity (Wildman–Crippen MR) is 35.5 cm³/mol. The topological polar surface area (TPSA) is 21.6 Å². The zero-order valence-electron chi connectivity index (χ0n) is 5.15. The van der Waals surface area contributed by atoms with E-state index in [4.69, 9.17) is 16.4 Å². The quantitative estimate of drug-likeness (QED) is 0.250. The molecule has 0 amide bonds. The number of rotatable bonds is 3. The number of alkyl halides is 1. The van der Waals surface area contributed by atoms with Crippen LogP contribution in [-0.2, 0) is 4.84 Å². The van der Waals surface area contributed by atoms with Crippen molar-refractivity contribution < 1.29 is 4.84 Å². The van der Waals surface area contributed by atoms with E-state index in [0.717, 1.165) is 5.71 Å². The van der Waals surface area contributed by atoms with Crippen LogP contribution in [0.15, 0.2) is 5.16 Å². The van der Waals surface area contributed by atoms with Crippen LogP contribution in [0.4, 0.5) is 0 Å². The maximum absolute atomic E-state index is 5.29. The summed E-state index contributed by atoms with van der Waals surface area (Å²) >= 11 is 5.29. The van der Waals surface area contributed by atoms with Crippen LogP contribution in [0.2, 0.25) is 0 Å². The van der Waals surface area contributed by atoms with E-state index in [1.807, 2.05) is 13.8 Å². The molecule has 2 nitrogen and oxygen atoms in total. The van der Waals surface area contributed by atoms with E-state index in [9.17, 15) is 0 Å². The highest BCUT2D eigenvalue weighted by Crippen LogP contribution is 1.81. The fourth-order valence-electron chi connectivity index (χ4n) is 0.209. The summed E-state index contributed by atoms with van der Waals surface area (Å²) in [5.74, 6) is 0.497. The van der Waals surface area contributed by atoms with Gasteiger partial charge in [0.2, 0.25) is 0 Å². The molecule has 0 aliphatic heterocycles. The van der Waals surface area contributed by atoms with Gasteiger partial charge in [-0.25, -0.2) is 0 Å². The Labute approximate surface area is 54.5 Å². The summed E-state index contributed by atoms with van der Waals surface area (Å²) in [6.07, 6.45) is 0. The summed E-state index contributed by atoms with van der Waals surface area (Å²) in [5, 5.41) is 3.65. The van der Waals surface area contributed by atoms with Crippen LogP contribution in [0.25, 0.3) is 0 Å². The standard InChI is InChI=1S/C5H10ClNO/c1-5(2)7-8-4-3-6/h3-4H2,1-2H3. The van der Waals surface area contributed by atoms with Crippen molar-refractivity contribution in [2.75, 3.05) is 12.5 Å². The third-order valence-electron chi connectivity index (χ3n) is 0.416. The Bertz CT molecular complexity index is 78.5. The highest BCUT2D eigenvalue weighted by molar-refractivity contribution is 6.17. The molecular weight excluding hydrogens is 126 g/mol. The molecule has 0 aliphatic rings. The summed E-state index contributed by atoms with van der Waals surface area (Å²) < 4.78 is 0. The number of oxime groups is 1. The minimum atomic E-state index is 0.493. The predicted octanol–water partition coefficient (Wildman–Crippen LogP) is 1.64. The monoisotopic (exact) mass is 135 g/mol. The van der Waals surface area contributed by atoms with E-state index < -0.39 is 0 Å². The van der Waals surface area contributed by atoms with Gasteiger partial charge in [0.15, 0.2) is 0 Å². The largest absolute Gasteiger partial charge is 0.395 e. The Kier molecular flexibility index (Phi) is 4.76. The molecule has 0 saturated carbocycles. The molecule has 0 saturated heterocycles. The second-order valence-electron chi connectivity index (χ2n) is 1.56. The molecule has 0 unspecified atom stereocenters. The highest BCUT2D eigenvalue weighted by Gasteiger charge is 1.78. The Morgan fingerprint density at radius 1 is 1.62 bits per heavy atom. The molecule has 0 atom stereocenters. The van der Waals surface area contributed by atoms with E-state index in [2.05, 4.69) is 5.16 Å². The minimum Gasteiger partial charge on any atom is -0.395 e. The van der Waals surface area contributed by atoms with Crippen molar-refractivity contribution in [2.45, 2.75) is 13.8 Å². The number of nitrogens with zero attached hydrogens (tertiary/aromatic N) is 1. The third kappa shape index (κ3) is 5.76. The second kappa shape index (κ2) is 4.91. The fourth-order valence-corrected chi connectivity index (χ4v) is 0.278. The fraction of sp³-hybridized carbons (Fsp3) is 0.800. The van der Waals surface area contributed by atoms with Crippen molar-refractivity contribution in [1.82, 2.24) is 0 Å². The lowest BCUT2D eigenvalue weighted by molar-refractivity contribution is 0.160. The van der Waals surface area contributed by atoms with Crippen molar-refractivity contribution in [3.8, 4) is 0 Å². The van der Waals surface area contributed by atoms with E-state index >= 15 is 0 Å². The van der Waals surface area contributed by atoms with Crippen LogP contribution in [0.1, 0.15) is 13.8 Å².